The molecular weight excluding hydrogens is 275 g/mol. The first-order valence-electron chi connectivity index (χ1n) is 5.01. The lowest BCUT2D eigenvalue weighted by Gasteiger charge is -2.06. The maximum Gasteiger partial charge on any atom is 0.139 e. The highest BCUT2D eigenvalue weighted by Gasteiger charge is 2.06. The Kier molecular flexibility index (Phi) is 3.52. The van der Waals surface area contributed by atoms with Crippen molar-refractivity contribution >= 4 is 35.4 Å². The molecular formula is C12H10Cl2N2S. The van der Waals surface area contributed by atoms with Crippen LogP contribution >= 0.6 is 35.4 Å². The average molecular weight is 285 g/mol. The predicted octanol–water partition coefficient (Wildman–Crippen LogP) is 4.73. The maximum absolute atomic E-state index is 5.96. The number of hydrogen-bond donors (Lipinski definition) is 1. The van der Waals surface area contributed by atoms with E-state index >= 15 is 0 Å². The van der Waals surface area contributed by atoms with Crippen molar-refractivity contribution in [1.82, 2.24) is 9.97 Å². The molecule has 1 aromatic heterocycles. The van der Waals surface area contributed by atoms with Crippen LogP contribution in [0.1, 0.15) is 11.3 Å². The van der Waals surface area contributed by atoms with E-state index in [1.54, 1.807) is 18.2 Å². The van der Waals surface area contributed by atoms with Crippen molar-refractivity contribution in [3.05, 3.63) is 44.1 Å². The molecule has 2 nitrogen and oxygen atoms in total. The summed E-state index contributed by atoms with van der Waals surface area (Å²) in [6.45, 7) is 3.90. The summed E-state index contributed by atoms with van der Waals surface area (Å²) >= 11 is 17.1. The van der Waals surface area contributed by atoms with E-state index < -0.39 is 0 Å². The summed E-state index contributed by atoms with van der Waals surface area (Å²) < 4.78 is 0.590. The van der Waals surface area contributed by atoms with Crippen LogP contribution in [-0.2, 0) is 0 Å². The van der Waals surface area contributed by atoms with Crippen LogP contribution in [0.2, 0.25) is 10.0 Å². The monoisotopic (exact) mass is 284 g/mol. The average Bonchev–Trinajstić information content (AvgIpc) is 2.23. The summed E-state index contributed by atoms with van der Waals surface area (Å²) in [5, 5.41) is 1.15. The number of nitrogens with zero attached hydrogens (tertiary/aromatic N) is 1. The molecule has 0 radical (unpaired) electrons. The van der Waals surface area contributed by atoms with E-state index in [1.165, 1.54) is 0 Å². The third-order valence-electron chi connectivity index (χ3n) is 2.54. The van der Waals surface area contributed by atoms with Crippen LogP contribution in [-0.4, -0.2) is 9.97 Å². The van der Waals surface area contributed by atoms with Crippen LogP contribution in [0.25, 0.3) is 11.4 Å². The number of hydrogen-bond acceptors (Lipinski definition) is 2. The molecule has 0 aliphatic rings. The number of benzene rings is 1. The zero-order valence-electron chi connectivity index (χ0n) is 9.34. The fourth-order valence-corrected chi connectivity index (χ4v) is 2.24. The summed E-state index contributed by atoms with van der Waals surface area (Å²) in [4.78, 5) is 7.52. The molecule has 2 rings (SSSR count). The number of halogens is 2. The summed E-state index contributed by atoms with van der Waals surface area (Å²) in [7, 11) is 0. The van der Waals surface area contributed by atoms with Gasteiger partial charge in [-0.3, -0.25) is 0 Å². The van der Waals surface area contributed by atoms with Gasteiger partial charge in [-0.25, -0.2) is 4.98 Å². The Morgan fingerprint density at radius 2 is 1.71 bits per heavy atom. The fourth-order valence-electron chi connectivity index (χ4n) is 1.47. The van der Waals surface area contributed by atoms with Crippen molar-refractivity contribution in [2.75, 3.05) is 0 Å². The van der Waals surface area contributed by atoms with Crippen molar-refractivity contribution < 1.29 is 0 Å². The molecule has 1 heterocycles. The molecule has 0 fully saturated rings. The third kappa shape index (κ3) is 2.68. The molecule has 0 saturated carbocycles. The third-order valence-corrected chi connectivity index (χ3v) is 3.37. The van der Waals surface area contributed by atoms with Crippen LogP contribution in [0.15, 0.2) is 18.2 Å². The highest BCUT2D eigenvalue weighted by molar-refractivity contribution is 7.71. The summed E-state index contributed by atoms with van der Waals surface area (Å²) in [6.07, 6.45) is 0. The maximum atomic E-state index is 5.96. The molecule has 0 aliphatic heterocycles. The zero-order chi connectivity index (χ0) is 12.6. The lowest BCUT2D eigenvalue weighted by Crippen LogP contribution is -1.96. The second-order valence-corrected chi connectivity index (χ2v) is 5.06. The summed E-state index contributed by atoms with van der Waals surface area (Å²) in [5.41, 5.74) is 2.81. The standard InChI is InChI=1S/C12H10Cl2N2S/c1-6-7(2)15-11(16-12(6)17)8-3-9(13)5-10(14)4-8/h3-5H,1-2H3,(H,15,16,17). The van der Waals surface area contributed by atoms with Crippen molar-refractivity contribution in [1.29, 1.82) is 0 Å². The van der Waals surface area contributed by atoms with E-state index in [1.807, 2.05) is 13.8 Å². The molecule has 0 bridgehead atoms. The van der Waals surface area contributed by atoms with Crippen LogP contribution in [0.4, 0.5) is 0 Å². The molecule has 0 atom stereocenters. The van der Waals surface area contributed by atoms with Gasteiger partial charge in [-0.05, 0) is 32.0 Å². The second kappa shape index (κ2) is 4.77. The molecule has 0 amide bonds. The minimum absolute atomic E-state index is 0.576. The number of aromatic nitrogens is 2. The van der Waals surface area contributed by atoms with Gasteiger partial charge in [-0.1, -0.05) is 35.4 Å². The minimum atomic E-state index is 0.576. The van der Waals surface area contributed by atoms with Gasteiger partial charge < -0.3 is 4.98 Å². The molecule has 0 aliphatic carbocycles. The molecule has 0 saturated heterocycles. The molecule has 17 heavy (non-hydrogen) atoms. The molecule has 0 unspecified atom stereocenters. The smallest absolute Gasteiger partial charge is 0.139 e. The summed E-state index contributed by atoms with van der Waals surface area (Å²) in [6, 6.07) is 5.29. The van der Waals surface area contributed by atoms with Crippen molar-refractivity contribution in [3.8, 4) is 11.4 Å². The molecule has 0 spiro atoms. The first kappa shape index (κ1) is 12.6. The van der Waals surface area contributed by atoms with Gasteiger partial charge in [0.15, 0.2) is 0 Å². The van der Waals surface area contributed by atoms with Gasteiger partial charge in [0.05, 0.1) is 0 Å². The number of rotatable bonds is 1. The lowest BCUT2D eigenvalue weighted by molar-refractivity contribution is 1.06. The number of nitrogens with one attached hydrogen (secondary N) is 1. The van der Waals surface area contributed by atoms with E-state index in [9.17, 15) is 0 Å². The predicted molar refractivity (Wildman–Crippen MR) is 74.4 cm³/mol. The Balaban J connectivity index is 2.65. The van der Waals surface area contributed by atoms with Crippen LogP contribution in [0.5, 0.6) is 0 Å². The lowest BCUT2D eigenvalue weighted by atomic mass is 10.2. The number of aryl methyl sites for hydroxylation is 1. The number of H-pyrrole nitrogens is 1. The molecule has 5 heteroatoms. The first-order chi connectivity index (χ1) is 7.97. The fraction of sp³-hybridized carbons (Fsp3) is 0.167. The van der Waals surface area contributed by atoms with Crippen molar-refractivity contribution in [3.63, 3.8) is 0 Å². The second-order valence-electron chi connectivity index (χ2n) is 3.80. The van der Waals surface area contributed by atoms with E-state index in [0.717, 1.165) is 16.8 Å². The van der Waals surface area contributed by atoms with Gasteiger partial charge in [0.2, 0.25) is 0 Å². The SMILES string of the molecule is Cc1[nH]c(-c2cc(Cl)cc(Cl)c2)nc(=S)c1C. The van der Waals surface area contributed by atoms with E-state index in [2.05, 4.69) is 9.97 Å². The largest absolute Gasteiger partial charge is 0.343 e. The van der Waals surface area contributed by atoms with Crippen LogP contribution < -0.4 is 0 Å². The van der Waals surface area contributed by atoms with Gasteiger partial charge in [-0.15, -0.1) is 0 Å². The molecule has 1 N–H and O–H groups in total. The normalized spacial score (nSPS) is 10.6. The van der Waals surface area contributed by atoms with E-state index in [4.69, 9.17) is 35.4 Å². The first-order valence-corrected chi connectivity index (χ1v) is 6.18. The highest BCUT2D eigenvalue weighted by Crippen LogP contribution is 2.25. The Hall–Kier alpha value is -0.900. The number of aromatic amines is 1. The quantitative estimate of drug-likeness (QED) is 0.767. The Bertz CT molecular complexity index is 615. The Morgan fingerprint density at radius 1 is 1.12 bits per heavy atom. The van der Waals surface area contributed by atoms with Gasteiger partial charge in [-0.2, -0.15) is 0 Å². The molecule has 88 valence electrons. The van der Waals surface area contributed by atoms with E-state index in [-0.39, 0.29) is 0 Å². The molecule has 1 aromatic carbocycles. The van der Waals surface area contributed by atoms with Gasteiger partial charge in [0, 0.05) is 26.9 Å². The van der Waals surface area contributed by atoms with E-state index in [0.29, 0.717) is 20.5 Å². The Morgan fingerprint density at radius 3 is 2.24 bits per heavy atom. The zero-order valence-corrected chi connectivity index (χ0v) is 11.7. The highest BCUT2D eigenvalue weighted by atomic mass is 35.5. The minimum Gasteiger partial charge on any atom is -0.343 e. The van der Waals surface area contributed by atoms with Gasteiger partial charge in [0.25, 0.3) is 0 Å². The van der Waals surface area contributed by atoms with Gasteiger partial charge >= 0.3 is 0 Å². The van der Waals surface area contributed by atoms with Crippen LogP contribution in [0.3, 0.4) is 0 Å². The van der Waals surface area contributed by atoms with Gasteiger partial charge in [0.1, 0.15) is 10.5 Å². The van der Waals surface area contributed by atoms with Crippen LogP contribution in [0, 0.1) is 18.5 Å². The van der Waals surface area contributed by atoms with Crippen molar-refractivity contribution in [2.45, 2.75) is 13.8 Å². The van der Waals surface area contributed by atoms with Crippen molar-refractivity contribution in [2.24, 2.45) is 0 Å². The molecule has 2 aromatic rings. The topological polar surface area (TPSA) is 28.7 Å². The summed E-state index contributed by atoms with van der Waals surface area (Å²) in [5.74, 6) is 0.683. The Labute approximate surface area is 115 Å².